The van der Waals surface area contributed by atoms with Crippen LogP contribution < -0.4 is 10.9 Å². The van der Waals surface area contributed by atoms with E-state index in [1.807, 2.05) is 0 Å². The van der Waals surface area contributed by atoms with Crippen LogP contribution in [0, 0.1) is 23.2 Å². The number of hydrogen-bond acceptors (Lipinski definition) is 6. The van der Waals surface area contributed by atoms with Gasteiger partial charge in [0.1, 0.15) is 5.56 Å². The van der Waals surface area contributed by atoms with Gasteiger partial charge in [0, 0.05) is 43.4 Å². The molecule has 1 fully saturated rings. The molecule has 32 heavy (non-hydrogen) atoms. The molecule has 0 spiro atoms. The van der Waals surface area contributed by atoms with Crippen molar-refractivity contribution in [2.45, 2.75) is 51.5 Å². The first-order valence-electron chi connectivity index (χ1n) is 11.1. The maximum absolute atomic E-state index is 12.9. The number of anilines is 1. The molecule has 1 saturated carbocycles. The van der Waals surface area contributed by atoms with E-state index in [0.717, 1.165) is 42.7 Å². The quantitative estimate of drug-likeness (QED) is 0.748. The van der Waals surface area contributed by atoms with Crippen LogP contribution in [0.2, 0.25) is 0 Å². The summed E-state index contributed by atoms with van der Waals surface area (Å²) in [5, 5.41) is 12.4. The molecule has 0 radical (unpaired) electrons. The Hall–Kier alpha value is -2.99. The Morgan fingerprint density at radius 3 is 3.03 bits per heavy atom. The van der Waals surface area contributed by atoms with Gasteiger partial charge >= 0.3 is 0 Å². The van der Waals surface area contributed by atoms with Crippen LogP contribution in [-0.2, 0) is 24.8 Å². The fourth-order valence-electron chi connectivity index (χ4n) is 4.62. The average molecular weight is 454 g/mol. The number of fused-ring (bicyclic) bond motifs is 1. The first-order chi connectivity index (χ1) is 15.5. The monoisotopic (exact) mass is 453 g/mol. The number of nitrogens with zero attached hydrogens (tertiary/aromatic N) is 4. The van der Waals surface area contributed by atoms with Gasteiger partial charge in [-0.1, -0.05) is 24.2 Å². The molecule has 8 nitrogen and oxygen atoms in total. The van der Waals surface area contributed by atoms with Crippen molar-refractivity contribution in [3.05, 3.63) is 44.8 Å². The first-order valence-corrected chi connectivity index (χ1v) is 11.9. The first kappa shape index (κ1) is 22.2. The van der Waals surface area contributed by atoms with Crippen molar-refractivity contribution >= 4 is 28.3 Å². The van der Waals surface area contributed by atoms with Gasteiger partial charge < -0.3 is 14.8 Å². The second-order valence-electron chi connectivity index (χ2n) is 8.62. The second kappa shape index (κ2) is 9.65. The van der Waals surface area contributed by atoms with Crippen molar-refractivity contribution in [3.63, 3.8) is 0 Å². The molecule has 1 N–H and O–H groups in total. The van der Waals surface area contributed by atoms with Crippen molar-refractivity contribution in [1.82, 2.24) is 14.5 Å². The summed E-state index contributed by atoms with van der Waals surface area (Å²) in [5.41, 5.74) is 0.770. The molecule has 9 heteroatoms. The lowest BCUT2D eigenvalue weighted by atomic mass is 9.79. The largest absolute Gasteiger partial charge is 0.333 e. The maximum Gasteiger partial charge on any atom is 0.263 e. The van der Waals surface area contributed by atoms with E-state index in [-0.39, 0.29) is 28.9 Å². The van der Waals surface area contributed by atoms with E-state index in [1.54, 1.807) is 30.3 Å². The summed E-state index contributed by atoms with van der Waals surface area (Å²) in [6.45, 7) is 0.879. The Balaban J connectivity index is 1.40. The standard InChI is InChI=1S/C23H27N5O3S/c1-27-11-4-8-17(21(27)30)22(31)28-12-9-18-19(14-28)32-23(25-18)26-20(29)16-7-2-5-15(13-16)6-3-10-24/h4,8,11,15-16H,2-3,5-7,9,12-14H2,1H3,(H,25,26,29)/t15?,16-/m0/s1. The molecule has 1 aliphatic heterocycles. The van der Waals surface area contributed by atoms with Crippen LogP contribution in [0.15, 0.2) is 23.1 Å². The van der Waals surface area contributed by atoms with Crippen LogP contribution in [0.4, 0.5) is 5.13 Å². The highest BCUT2D eigenvalue weighted by Gasteiger charge is 2.29. The van der Waals surface area contributed by atoms with E-state index in [9.17, 15) is 14.4 Å². The third-order valence-corrected chi connectivity index (χ3v) is 7.42. The Morgan fingerprint density at radius 2 is 2.22 bits per heavy atom. The maximum atomic E-state index is 12.9. The van der Waals surface area contributed by atoms with Crippen LogP contribution in [0.1, 0.15) is 59.5 Å². The fourth-order valence-corrected chi connectivity index (χ4v) is 5.65. The molecule has 0 aromatic carbocycles. The normalized spacial score (nSPS) is 20.3. The van der Waals surface area contributed by atoms with E-state index in [1.165, 1.54) is 15.9 Å². The van der Waals surface area contributed by atoms with Crippen LogP contribution in [0.3, 0.4) is 0 Å². The highest BCUT2D eigenvalue weighted by molar-refractivity contribution is 7.15. The number of aryl methyl sites for hydroxylation is 1. The molecule has 2 aromatic rings. The van der Waals surface area contributed by atoms with E-state index in [0.29, 0.717) is 37.0 Å². The van der Waals surface area contributed by atoms with Crippen LogP contribution in [0.25, 0.3) is 0 Å². The van der Waals surface area contributed by atoms with Gasteiger partial charge in [-0.3, -0.25) is 14.4 Å². The summed E-state index contributed by atoms with van der Waals surface area (Å²) in [4.78, 5) is 45.2. The zero-order chi connectivity index (χ0) is 22.7. The number of amides is 2. The van der Waals surface area contributed by atoms with Crippen LogP contribution >= 0.6 is 11.3 Å². The number of rotatable bonds is 5. The third kappa shape index (κ3) is 4.75. The zero-order valence-electron chi connectivity index (χ0n) is 18.2. The highest BCUT2D eigenvalue weighted by atomic mass is 32.1. The number of carbonyl (C=O) groups excluding carboxylic acids is 2. The summed E-state index contributed by atoms with van der Waals surface area (Å²) in [6.07, 6.45) is 7.43. The van der Waals surface area contributed by atoms with Gasteiger partial charge in [0.05, 0.1) is 18.3 Å². The summed E-state index contributed by atoms with van der Waals surface area (Å²) >= 11 is 1.40. The van der Waals surface area contributed by atoms with E-state index >= 15 is 0 Å². The molecular weight excluding hydrogens is 426 g/mol. The second-order valence-corrected chi connectivity index (χ2v) is 9.70. The molecule has 1 unspecified atom stereocenters. The molecule has 2 amide bonds. The zero-order valence-corrected chi connectivity index (χ0v) is 19.0. The third-order valence-electron chi connectivity index (χ3n) is 6.42. The van der Waals surface area contributed by atoms with E-state index in [4.69, 9.17) is 5.26 Å². The molecule has 1 aliphatic carbocycles. The molecule has 2 aliphatic rings. The van der Waals surface area contributed by atoms with Gasteiger partial charge in [0.15, 0.2) is 5.13 Å². The number of nitrogens with one attached hydrogen (secondary N) is 1. The smallest absolute Gasteiger partial charge is 0.263 e. The minimum absolute atomic E-state index is 0.00142. The number of pyridine rings is 1. The lowest BCUT2D eigenvalue weighted by molar-refractivity contribution is -0.121. The van der Waals surface area contributed by atoms with Crippen LogP contribution in [-0.4, -0.2) is 32.8 Å². The van der Waals surface area contributed by atoms with Crippen LogP contribution in [0.5, 0.6) is 0 Å². The lowest BCUT2D eigenvalue weighted by Crippen LogP contribution is -2.39. The highest BCUT2D eigenvalue weighted by Crippen LogP contribution is 2.34. The lowest BCUT2D eigenvalue weighted by Gasteiger charge is -2.27. The molecule has 168 valence electrons. The Kier molecular flexibility index (Phi) is 6.70. The summed E-state index contributed by atoms with van der Waals surface area (Å²) < 4.78 is 1.40. The fraction of sp³-hybridized carbons (Fsp3) is 0.522. The summed E-state index contributed by atoms with van der Waals surface area (Å²) in [5.74, 6) is 0.120. The van der Waals surface area contributed by atoms with Gasteiger partial charge in [-0.15, -0.1) is 0 Å². The van der Waals surface area contributed by atoms with Crippen molar-refractivity contribution in [3.8, 4) is 6.07 Å². The Labute approximate surface area is 190 Å². The predicted octanol–water partition coefficient (Wildman–Crippen LogP) is 3.09. The van der Waals surface area contributed by atoms with Crippen molar-refractivity contribution in [2.24, 2.45) is 18.9 Å². The Bertz CT molecular complexity index is 1120. The minimum Gasteiger partial charge on any atom is -0.333 e. The van der Waals surface area contributed by atoms with E-state index < -0.39 is 0 Å². The van der Waals surface area contributed by atoms with Gasteiger partial charge in [0.2, 0.25) is 5.91 Å². The van der Waals surface area contributed by atoms with Crippen molar-refractivity contribution < 1.29 is 9.59 Å². The number of carbonyl (C=O) groups is 2. The summed E-state index contributed by atoms with van der Waals surface area (Å²) in [7, 11) is 1.63. The molecule has 0 bridgehead atoms. The molecule has 2 atom stereocenters. The van der Waals surface area contributed by atoms with E-state index in [2.05, 4.69) is 16.4 Å². The molecule has 4 rings (SSSR count). The van der Waals surface area contributed by atoms with Gasteiger partial charge in [-0.05, 0) is 37.3 Å². The van der Waals surface area contributed by atoms with Gasteiger partial charge in [0.25, 0.3) is 11.5 Å². The summed E-state index contributed by atoms with van der Waals surface area (Å²) in [6, 6.07) is 5.46. The number of thiazole rings is 1. The number of hydrogen-bond donors (Lipinski definition) is 1. The minimum atomic E-state index is -0.305. The Morgan fingerprint density at radius 1 is 1.38 bits per heavy atom. The average Bonchev–Trinajstić information content (AvgIpc) is 3.20. The SMILES string of the molecule is Cn1cccc(C(=O)N2CCc3nc(NC(=O)[C@H]4CCCC(CCC#N)C4)sc3C2)c1=O. The number of nitriles is 1. The van der Waals surface area contributed by atoms with Gasteiger partial charge in [-0.2, -0.15) is 5.26 Å². The predicted molar refractivity (Wildman–Crippen MR) is 121 cm³/mol. The molecule has 0 saturated heterocycles. The van der Waals surface area contributed by atoms with Crippen molar-refractivity contribution in [2.75, 3.05) is 11.9 Å². The molecular formula is C23H27N5O3S. The molecule has 3 heterocycles. The van der Waals surface area contributed by atoms with Gasteiger partial charge in [-0.25, -0.2) is 4.98 Å². The van der Waals surface area contributed by atoms with Crippen molar-refractivity contribution in [1.29, 1.82) is 5.26 Å². The molecule has 2 aromatic heterocycles. The topological polar surface area (TPSA) is 108 Å². The number of aromatic nitrogens is 2.